The molecule has 0 radical (unpaired) electrons. The average molecular weight is 288 g/mol. The fourth-order valence-corrected chi connectivity index (χ4v) is 3.41. The summed E-state index contributed by atoms with van der Waals surface area (Å²) in [6, 6.07) is 0. The van der Waals surface area contributed by atoms with Gasteiger partial charge in [-0.1, -0.05) is 23.1 Å². The molecular weight excluding hydrogens is 272 g/mol. The van der Waals surface area contributed by atoms with Gasteiger partial charge in [-0.05, 0) is 13.8 Å². The van der Waals surface area contributed by atoms with E-state index in [1.165, 1.54) is 23.1 Å². The molecule has 0 aliphatic carbocycles. The maximum Gasteiger partial charge on any atom is 0.233 e. The van der Waals surface area contributed by atoms with Crippen molar-refractivity contribution in [2.24, 2.45) is 0 Å². The minimum atomic E-state index is 0.0971. The molecular formula is C10H16N4O2S2. The van der Waals surface area contributed by atoms with Crippen molar-refractivity contribution in [2.75, 3.05) is 24.6 Å². The van der Waals surface area contributed by atoms with Gasteiger partial charge in [0.2, 0.25) is 11.0 Å². The molecule has 2 rings (SSSR count). The lowest BCUT2D eigenvalue weighted by molar-refractivity contribution is -0.140. The maximum absolute atomic E-state index is 12.0. The highest BCUT2D eigenvalue weighted by Crippen LogP contribution is 2.24. The monoisotopic (exact) mass is 288 g/mol. The second kappa shape index (κ2) is 5.85. The molecule has 1 saturated heterocycles. The zero-order valence-corrected chi connectivity index (χ0v) is 12.0. The van der Waals surface area contributed by atoms with E-state index >= 15 is 0 Å². The molecule has 6 nitrogen and oxygen atoms in total. The number of rotatable bonds is 3. The van der Waals surface area contributed by atoms with Gasteiger partial charge in [-0.25, -0.2) is 0 Å². The molecule has 2 heterocycles. The highest BCUT2D eigenvalue weighted by atomic mass is 32.2. The van der Waals surface area contributed by atoms with Gasteiger partial charge in [0.25, 0.3) is 0 Å². The Morgan fingerprint density at radius 1 is 1.50 bits per heavy atom. The Bertz CT molecular complexity index is 416. The number of hydrogen-bond acceptors (Lipinski definition) is 7. The van der Waals surface area contributed by atoms with Crippen LogP contribution >= 0.6 is 23.1 Å². The third-order valence-electron chi connectivity index (χ3n) is 2.51. The number of carbonyl (C=O) groups excluding carboxylic acids is 1. The van der Waals surface area contributed by atoms with E-state index in [-0.39, 0.29) is 18.1 Å². The van der Waals surface area contributed by atoms with E-state index in [4.69, 9.17) is 10.5 Å². The Kier molecular flexibility index (Phi) is 4.41. The SMILES string of the molecule is CC1CN(C(=O)CSc2nnc(N)s2)CC(C)O1. The Hall–Kier alpha value is -0.860. The molecule has 0 bridgehead atoms. The molecule has 1 aliphatic rings. The van der Waals surface area contributed by atoms with E-state index in [0.29, 0.717) is 24.0 Å². The number of ether oxygens (including phenoxy) is 1. The summed E-state index contributed by atoms with van der Waals surface area (Å²) in [5, 5.41) is 8.01. The second-order valence-corrected chi connectivity index (χ2v) is 6.48. The lowest BCUT2D eigenvalue weighted by Crippen LogP contribution is -2.48. The van der Waals surface area contributed by atoms with Crippen molar-refractivity contribution in [3.63, 3.8) is 0 Å². The fraction of sp³-hybridized carbons (Fsp3) is 0.700. The molecule has 1 aliphatic heterocycles. The van der Waals surface area contributed by atoms with Gasteiger partial charge in [-0.3, -0.25) is 4.79 Å². The van der Waals surface area contributed by atoms with Crippen LogP contribution in [0.1, 0.15) is 13.8 Å². The van der Waals surface area contributed by atoms with E-state index in [1.807, 2.05) is 18.7 Å². The van der Waals surface area contributed by atoms with Crippen molar-refractivity contribution in [1.29, 1.82) is 0 Å². The van der Waals surface area contributed by atoms with E-state index in [9.17, 15) is 4.79 Å². The Labute approximate surface area is 114 Å². The number of thioether (sulfide) groups is 1. The topological polar surface area (TPSA) is 81.3 Å². The van der Waals surface area contributed by atoms with Gasteiger partial charge in [-0.15, -0.1) is 10.2 Å². The number of anilines is 1. The number of aromatic nitrogens is 2. The van der Waals surface area contributed by atoms with E-state index in [1.54, 1.807) is 0 Å². The summed E-state index contributed by atoms with van der Waals surface area (Å²) in [6.07, 6.45) is 0.194. The summed E-state index contributed by atoms with van der Waals surface area (Å²) >= 11 is 2.68. The smallest absolute Gasteiger partial charge is 0.233 e. The van der Waals surface area contributed by atoms with Crippen molar-refractivity contribution in [1.82, 2.24) is 15.1 Å². The van der Waals surface area contributed by atoms with Crippen LogP contribution in [0.15, 0.2) is 4.34 Å². The maximum atomic E-state index is 12.0. The number of amides is 1. The van der Waals surface area contributed by atoms with Gasteiger partial charge in [0.1, 0.15) is 0 Å². The van der Waals surface area contributed by atoms with Gasteiger partial charge in [0, 0.05) is 13.1 Å². The van der Waals surface area contributed by atoms with Crippen LogP contribution in [0.5, 0.6) is 0 Å². The number of hydrogen-bond donors (Lipinski definition) is 1. The summed E-state index contributed by atoms with van der Waals surface area (Å²) < 4.78 is 6.33. The van der Waals surface area contributed by atoms with Gasteiger partial charge >= 0.3 is 0 Å². The first-order chi connectivity index (χ1) is 8.54. The first-order valence-electron chi connectivity index (χ1n) is 5.69. The zero-order chi connectivity index (χ0) is 13.1. The first kappa shape index (κ1) is 13.6. The first-order valence-corrected chi connectivity index (χ1v) is 7.50. The van der Waals surface area contributed by atoms with Crippen molar-refractivity contribution in [3.8, 4) is 0 Å². The van der Waals surface area contributed by atoms with Crippen LogP contribution in [-0.2, 0) is 9.53 Å². The quantitative estimate of drug-likeness (QED) is 0.830. The van der Waals surface area contributed by atoms with Crippen LogP contribution in [0.2, 0.25) is 0 Å². The van der Waals surface area contributed by atoms with E-state index in [2.05, 4.69) is 10.2 Å². The number of nitrogens with two attached hydrogens (primary N) is 1. The molecule has 18 heavy (non-hydrogen) atoms. The van der Waals surface area contributed by atoms with Crippen LogP contribution in [-0.4, -0.2) is 52.1 Å². The largest absolute Gasteiger partial charge is 0.374 e. The summed E-state index contributed by atoms with van der Waals surface area (Å²) in [5.41, 5.74) is 5.48. The normalized spacial score (nSPS) is 24.2. The molecule has 0 spiro atoms. The minimum Gasteiger partial charge on any atom is -0.374 e. The molecule has 100 valence electrons. The van der Waals surface area contributed by atoms with Crippen LogP contribution in [0.4, 0.5) is 5.13 Å². The predicted molar refractivity (Wildman–Crippen MR) is 71.6 cm³/mol. The summed E-state index contributed by atoms with van der Waals surface area (Å²) in [7, 11) is 0. The second-order valence-electron chi connectivity index (χ2n) is 4.25. The third kappa shape index (κ3) is 3.56. The summed E-state index contributed by atoms with van der Waals surface area (Å²) in [6.45, 7) is 5.27. The third-order valence-corrected chi connectivity index (χ3v) is 4.38. The van der Waals surface area contributed by atoms with Crippen molar-refractivity contribution in [2.45, 2.75) is 30.4 Å². The Morgan fingerprint density at radius 3 is 2.72 bits per heavy atom. The van der Waals surface area contributed by atoms with Crippen molar-refractivity contribution >= 4 is 34.1 Å². The van der Waals surface area contributed by atoms with E-state index < -0.39 is 0 Å². The highest BCUT2D eigenvalue weighted by Gasteiger charge is 2.25. The number of nitrogens with zero attached hydrogens (tertiary/aromatic N) is 3. The minimum absolute atomic E-state index is 0.0971. The van der Waals surface area contributed by atoms with Gasteiger partial charge < -0.3 is 15.4 Å². The Balaban J connectivity index is 1.84. The number of nitrogen functional groups attached to an aromatic ring is 1. The van der Waals surface area contributed by atoms with Gasteiger partial charge in [-0.2, -0.15) is 0 Å². The van der Waals surface area contributed by atoms with Crippen LogP contribution in [0.3, 0.4) is 0 Å². The molecule has 2 atom stereocenters. The number of carbonyl (C=O) groups is 1. The highest BCUT2D eigenvalue weighted by molar-refractivity contribution is 8.01. The summed E-state index contributed by atoms with van der Waals surface area (Å²) in [4.78, 5) is 13.9. The molecule has 2 N–H and O–H groups in total. The van der Waals surface area contributed by atoms with Crippen molar-refractivity contribution in [3.05, 3.63) is 0 Å². The molecule has 1 fully saturated rings. The van der Waals surface area contributed by atoms with Crippen LogP contribution < -0.4 is 5.73 Å². The lowest BCUT2D eigenvalue weighted by atomic mass is 10.2. The lowest BCUT2D eigenvalue weighted by Gasteiger charge is -2.35. The molecule has 0 saturated carbocycles. The van der Waals surface area contributed by atoms with Crippen molar-refractivity contribution < 1.29 is 9.53 Å². The average Bonchev–Trinajstić information content (AvgIpc) is 2.70. The molecule has 8 heteroatoms. The number of morpholine rings is 1. The van der Waals surface area contributed by atoms with Gasteiger partial charge in [0.15, 0.2) is 4.34 Å². The standard InChI is InChI=1S/C10H16N4O2S2/c1-6-3-14(4-7(2)16-6)8(15)5-17-10-13-12-9(11)18-10/h6-7H,3-5H2,1-2H3,(H2,11,12). The van der Waals surface area contributed by atoms with Crippen LogP contribution in [0, 0.1) is 0 Å². The Morgan fingerprint density at radius 2 is 2.17 bits per heavy atom. The van der Waals surface area contributed by atoms with Gasteiger partial charge in [0.05, 0.1) is 18.0 Å². The van der Waals surface area contributed by atoms with Crippen LogP contribution in [0.25, 0.3) is 0 Å². The van der Waals surface area contributed by atoms with E-state index in [0.717, 1.165) is 4.34 Å². The predicted octanol–water partition coefficient (Wildman–Crippen LogP) is 0.848. The summed E-state index contributed by atoms with van der Waals surface area (Å²) in [5.74, 6) is 0.476. The fourth-order valence-electron chi connectivity index (χ4n) is 1.88. The molecule has 2 unspecified atom stereocenters. The zero-order valence-electron chi connectivity index (χ0n) is 10.3. The molecule has 1 amide bonds. The molecule has 0 aromatic carbocycles. The molecule has 1 aromatic heterocycles. The molecule has 1 aromatic rings.